The summed E-state index contributed by atoms with van der Waals surface area (Å²) in [6, 6.07) is 11.4. The van der Waals surface area contributed by atoms with Gasteiger partial charge in [-0.3, -0.25) is 4.98 Å². The van der Waals surface area contributed by atoms with Crippen molar-refractivity contribution in [1.29, 1.82) is 0 Å². The van der Waals surface area contributed by atoms with Crippen LogP contribution >= 0.6 is 0 Å². The quantitative estimate of drug-likeness (QED) is 0.468. The van der Waals surface area contributed by atoms with E-state index in [1.807, 2.05) is 45.1 Å². The largest absolute Gasteiger partial charge is 0.484 e. The van der Waals surface area contributed by atoms with Crippen LogP contribution in [-0.4, -0.2) is 45.7 Å². The molecule has 0 aliphatic carbocycles. The van der Waals surface area contributed by atoms with Crippen LogP contribution in [0.3, 0.4) is 0 Å². The van der Waals surface area contributed by atoms with E-state index in [-0.39, 0.29) is 18.7 Å². The van der Waals surface area contributed by atoms with E-state index in [1.54, 1.807) is 20.1 Å². The lowest BCUT2D eigenvalue weighted by molar-refractivity contribution is -0.145. The zero-order valence-corrected chi connectivity index (χ0v) is 16.4. The van der Waals surface area contributed by atoms with E-state index >= 15 is 0 Å². The van der Waals surface area contributed by atoms with Gasteiger partial charge in [-0.25, -0.2) is 4.79 Å². The fourth-order valence-corrected chi connectivity index (χ4v) is 2.60. The van der Waals surface area contributed by atoms with Crippen LogP contribution in [0, 0.1) is 6.92 Å². The molecule has 0 fully saturated rings. The summed E-state index contributed by atoms with van der Waals surface area (Å²) in [5.41, 5.74) is 2.68. The molecule has 2 rings (SSSR count). The molecule has 1 aromatic heterocycles. The molecular weight excluding hydrogens is 345 g/mol. The van der Waals surface area contributed by atoms with Gasteiger partial charge < -0.3 is 18.9 Å². The normalized spacial score (nSPS) is 11.7. The maximum atomic E-state index is 11.4. The first-order valence-corrected chi connectivity index (χ1v) is 9.01. The third kappa shape index (κ3) is 6.60. The van der Waals surface area contributed by atoms with Crippen molar-refractivity contribution in [3.8, 4) is 11.5 Å². The highest BCUT2D eigenvalue weighted by Gasteiger charge is 2.16. The first kappa shape index (κ1) is 20.8. The molecule has 1 aromatic carbocycles. The highest BCUT2D eigenvalue weighted by Crippen LogP contribution is 2.28. The molecular formula is C20H26BNO5. The Hall–Kier alpha value is -2.54. The summed E-state index contributed by atoms with van der Waals surface area (Å²) in [5, 5.41) is 0. The minimum absolute atomic E-state index is 0.113. The number of carbonyl (C=O) groups is 1. The monoisotopic (exact) mass is 371 g/mol. The zero-order valence-electron chi connectivity index (χ0n) is 16.4. The van der Waals surface area contributed by atoms with E-state index in [9.17, 15) is 4.79 Å². The standard InChI is InChI=1S/C20H26BNO5/c1-4-25-20(23)13-26-17-9-8-15(12-14(17)2)27-18(10-11-24-3)16-6-5-7-19(21)22-16/h5-9,12,18H,4,10-11,13,21H2,1-3H3/t18-/m0/s1. The second-order valence-corrected chi connectivity index (χ2v) is 6.11. The van der Waals surface area contributed by atoms with E-state index in [4.69, 9.17) is 18.9 Å². The van der Waals surface area contributed by atoms with Crippen molar-refractivity contribution in [2.24, 2.45) is 0 Å². The predicted octanol–water partition coefficient (Wildman–Crippen LogP) is 1.75. The van der Waals surface area contributed by atoms with Crippen LogP contribution < -0.4 is 15.1 Å². The van der Waals surface area contributed by atoms with Gasteiger partial charge in [-0.1, -0.05) is 12.1 Å². The molecule has 6 nitrogen and oxygen atoms in total. The average molecular weight is 371 g/mol. The highest BCUT2D eigenvalue weighted by molar-refractivity contribution is 6.30. The van der Waals surface area contributed by atoms with Crippen LogP contribution in [0.4, 0.5) is 0 Å². The van der Waals surface area contributed by atoms with Gasteiger partial charge in [-0.15, -0.1) is 0 Å². The van der Waals surface area contributed by atoms with Crippen LogP contribution in [0.25, 0.3) is 0 Å². The Morgan fingerprint density at radius 1 is 1.26 bits per heavy atom. The second kappa shape index (κ2) is 10.6. The van der Waals surface area contributed by atoms with Gasteiger partial charge in [0, 0.05) is 13.5 Å². The fourth-order valence-electron chi connectivity index (χ4n) is 2.60. The number of benzene rings is 1. The molecule has 0 unspecified atom stereocenters. The Labute approximate surface area is 161 Å². The molecule has 144 valence electrons. The van der Waals surface area contributed by atoms with Crippen LogP contribution in [0.5, 0.6) is 11.5 Å². The molecule has 7 heteroatoms. The number of nitrogens with zero attached hydrogens (tertiary/aromatic N) is 1. The molecule has 0 aliphatic heterocycles. The van der Waals surface area contributed by atoms with Crippen molar-refractivity contribution in [1.82, 2.24) is 4.98 Å². The Morgan fingerprint density at radius 2 is 2.07 bits per heavy atom. The van der Waals surface area contributed by atoms with E-state index in [1.165, 1.54) is 0 Å². The van der Waals surface area contributed by atoms with Gasteiger partial charge in [0.05, 0.1) is 18.9 Å². The van der Waals surface area contributed by atoms with Gasteiger partial charge in [0.25, 0.3) is 0 Å². The number of pyridine rings is 1. The number of methoxy groups -OCH3 is 1. The van der Waals surface area contributed by atoms with Gasteiger partial charge in [0.1, 0.15) is 17.6 Å². The maximum Gasteiger partial charge on any atom is 0.344 e. The van der Waals surface area contributed by atoms with E-state index in [0.29, 0.717) is 31.1 Å². The van der Waals surface area contributed by atoms with Crippen LogP contribution in [0.15, 0.2) is 36.4 Å². The molecule has 1 atom stereocenters. The molecule has 0 saturated heterocycles. The minimum Gasteiger partial charge on any atom is -0.484 e. The van der Waals surface area contributed by atoms with Gasteiger partial charge in [-0.05, 0) is 49.3 Å². The number of rotatable bonds is 10. The lowest BCUT2D eigenvalue weighted by Gasteiger charge is -2.20. The smallest absolute Gasteiger partial charge is 0.344 e. The topological polar surface area (TPSA) is 66.9 Å². The van der Waals surface area contributed by atoms with Crippen LogP contribution in [-0.2, 0) is 14.3 Å². The van der Waals surface area contributed by atoms with Gasteiger partial charge in [0.2, 0.25) is 0 Å². The summed E-state index contributed by atoms with van der Waals surface area (Å²) in [6.07, 6.45) is 0.475. The van der Waals surface area contributed by atoms with Gasteiger partial charge >= 0.3 is 5.97 Å². The number of carbonyl (C=O) groups excluding carboxylic acids is 1. The van der Waals surface area contributed by atoms with Crippen LogP contribution in [0.1, 0.15) is 30.7 Å². The number of aromatic nitrogens is 1. The summed E-state index contributed by atoms with van der Waals surface area (Å²) < 4.78 is 21.8. The molecule has 0 N–H and O–H groups in total. The van der Waals surface area contributed by atoms with Gasteiger partial charge in [0.15, 0.2) is 14.5 Å². The van der Waals surface area contributed by atoms with Crippen molar-refractivity contribution in [3.63, 3.8) is 0 Å². The zero-order chi connectivity index (χ0) is 19.6. The van der Waals surface area contributed by atoms with Gasteiger partial charge in [-0.2, -0.15) is 0 Å². The van der Waals surface area contributed by atoms with Crippen LogP contribution in [0.2, 0.25) is 0 Å². The van der Waals surface area contributed by atoms with Crippen molar-refractivity contribution >= 4 is 19.4 Å². The third-order valence-electron chi connectivity index (χ3n) is 3.90. The van der Waals surface area contributed by atoms with E-state index in [2.05, 4.69) is 4.98 Å². The predicted molar refractivity (Wildman–Crippen MR) is 106 cm³/mol. The summed E-state index contributed by atoms with van der Waals surface area (Å²) in [7, 11) is 3.62. The Kier molecular flexibility index (Phi) is 8.14. The second-order valence-electron chi connectivity index (χ2n) is 6.11. The minimum atomic E-state index is -0.387. The maximum absolute atomic E-state index is 11.4. The van der Waals surface area contributed by atoms with Crippen molar-refractivity contribution < 1.29 is 23.7 Å². The number of ether oxygens (including phenoxy) is 4. The lowest BCUT2D eigenvalue weighted by Crippen LogP contribution is -2.17. The summed E-state index contributed by atoms with van der Waals surface area (Å²) in [4.78, 5) is 16.0. The molecule has 0 aliphatic rings. The molecule has 1 heterocycles. The molecule has 0 radical (unpaired) electrons. The number of aryl methyl sites for hydroxylation is 1. The summed E-state index contributed by atoms with van der Waals surface area (Å²) in [5.74, 6) is 0.945. The molecule has 0 bridgehead atoms. The van der Waals surface area contributed by atoms with Crippen molar-refractivity contribution in [3.05, 3.63) is 47.7 Å². The average Bonchev–Trinajstić information content (AvgIpc) is 2.64. The van der Waals surface area contributed by atoms with E-state index in [0.717, 1.165) is 16.9 Å². The number of esters is 1. The number of hydrogen-bond donors (Lipinski definition) is 0. The number of hydrogen-bond acceptors (Lipinski definition) is 6. The Morgan fingerprint density at radius 3 is 2.74 bits per heavy atom. The van der Waals surface area contributed by atoms with Crippen molar-refractivity contribution in [2.45, 2.75) is 26.4 Å². The molecule has 0 amide bonds. The summed E-state index contributed by atoms with van der Waals surface area (Å²) >= 11 is 0. The van der Waals surface area contributed by atoms with Crippen molar-refractivity contribution in [2.75, 3.05) is 26.9 Å². The Balaban J connectivity index is 2.08. The first-order chi connectivity index (χ1) is 13.0. The molecule has 2 aromatic rings. The Bertz CT molecular complexity index is 753. The first-order valence-electron chi connectivity index (χ1n) is 9.01. The SMILES string of the molecule is Bc1cccc([C@H](CCOC)Oc2ccc(OCC(=O)OCC)c(C)c2)n1. The summed E-state index contributed by atoms with van der Waals surface area (Å²) in [6.45, 7) is 4.46. The lowest BCUT2D eigenvalue weighted by atomic mass is 10.0. The molecule has 0 spiro atoms. The molecule has 27 heavy (non-hydrogen) atoms. The fraction of sp³-hybridized carbons (Fsp3) is 0.400. The third-order valence-corrected chi connectivity index (χ3v) is 3.90. The van der Waals surface area contributed by atoms with E-state index < -0.39 is 0 Å². The molecule has 0 saturated carbocycles. The highest BCUT2D eigenvalue weighted by atomic mass is 16.6.